The Hall–Kier alpha value is -2.88. The van der Waals surface area contributed by atoms with E-state index in [4.69, 9.17) is 23.9 Å². The molecule has 32 heavy (non-hydrogen) atoms. The van der Waals surface area contributed by atoms with Gasteiger partial charge in [0.1, 0.15) is 19.0 Å². The third-order valence-electron chi connectivity index (χ3n) is 5.08. The van der Waals surface area contributed by atoms with Crippen LogP contribution in [0.15, 0.2) is 34.9 Å². The molecule has 168 valence electrons. The molecular weight excluding hydrogens is 478 g/mol. The number of halogens is 1. The monoisotopic (exact) mass is 501 g/mol. The van der Waals surface area contributed by atoms with Crippen molar-refractivity contribution in [2.75, 3.05) is 40.6 Å². The van der Waals surface area contributed by atoms with E-state index in [1.165, 1.54) is 0 Å². The fourth-order valence-corrected chi connectivity index (χ4v) is 3.97. The zero-order chi connectivity index (χ0) is 22.7. The maximum Gasteiger partial charge on any atom is 0.170 e. The summed E-state index contributed by atoms with van der Waals surface area (Å²) in [5.74, 6) is 1.42. The van der Waals surface area contributed by atoms with Gasteiger partial charge in [-0.3, -0.25) is 5.10 Å². The van der Waals surface area contributed by atoms with E-state index in [9.17, 15) is 5.11 Å². The lowest BCUT2D eigenvalue weighted by molar-refractivity contribution is 0.133. The molecule has 0 aliphatic heterocycles. The number of aromatic amines is 1. The second-order valence-electron chi connectivity index (χ2n) is 7.22. The second kappa shape index (κ2) is 9.72. The van der Waals surface area contributed by atoms with Crippen molar-refractivity contribution in [1.82, 2.24) is 15.2 Å². The Morgan fingerprint density at radius 3 is 2.38 bits per heavy atom. The van der Waals surface area contributed by atoms with Gasteiger partial charge in [-0.15, -0.1) is 0 Å². The maximum atomic E-state index is 9.95. The number of nitrogens with one attached hydrogen (secondary N) is 1. The molecule has 0 radical (unpaired) electrons. The molecule has 0 saturated heterocycles. The number of benzene rings is 2. The van der Waals surface area contributed by atoms with Gasteiger partial charge >= 0.3 is 0 Å². The summed E-state index contributed by atoms with van der Waals surface area (Å²) in [6, 6.07) is 7.34. The van der Waals surface area contributed by atoms with Crippen molar-refractivity contribution in [1.29, 1.82) is 0 Å². The number of nitrogens with zero attached hydrogens (tertiary/aromatic N) is 2. The highest BCUT2D eigenvalue weighted by Crippen LogP contribution is 2.45. The van der Waals surface area contributed by atoms with Crippen molar-refractivity contribution in [3.63, 3.8) is 0 Å². The Kier molecular flexibility index (Phi) is 6.78. The number of aryl methyl sites for hydroxylation is 1. The highest BCUT2D eigenvalue weighted by atomic mass is 79.9. The number of rotatable bonds is 9. The fourth-order valence-electron chi connectivity index (χ4n) is 3.59. The number of aromatic hydroxyl groups is 1. The molecule has 0 unspecified atom stereocenters. The number of pyridine rings is 1. The SMILES string of the molecule is COCCOc1c(C)cc2c(-c3ccc(O)c(Br)c3)nc3[nH]ncc3c2c1OCCOC. The first-order valence-electron chi connectivity index (χ1n) is 10.1. The van der Waals surface area contributed by atoms with Crippen LogP contribution in [0.2, 0.25) is 0 Å². The molecule has 0 amide bonds. The van der Waals surface area contributed by atoms with E-state index in [0.717, 1.165) is 33.0 Å². The van der Waals surface area contributed by atoms with Gasteiger partial charge < -0.3 is 24.1 Å². The lowest BCUT2D eigenvalue weighted by Crippen LogP contribution is -2.10. The largest absolute Gasteiger partial charge is 0.507 e. The number of methoxy groups -OCH3 is 2. The smallest absolute Gasteiger partial charge is 0.170 e. The summed E-state index contributed by atoms with van der Waals surface area (Å²) in [7, 11) is 3.27. The number of hydrogen-bond donors (Lipinski definition) is 2. The lowest BCUT2D eigenvalue weighted by Gasteiger charge is -2.19. The van der Waals surface area contributed by atoms with Crippen LogP contribution in [0.5, 0.6) is 17.2 Å². The van der Waals surface area contributed by atoms with Gasteiger partial charge in [-0.05, 0) is 52.7 Å². The highest BCUT2D eigenvalue weighted by molar-refractivity contribution is 9.10. The molecule has 8 nitrogen and oxygen atoms in total. The zero-order valence-electron chi connectivity index (χ0n) is 18.1. The van der Waals surface area contributed by atoms with Gasteiger partial charge in [-0.1, -0.05) is 0 Å². The average molecular weight is 502 g/mol. The topological polar surface area (TPSA) is 98.7 Å². The van der Waals surface area contributed by atoms with E-state index in [2.05, 4.69) is 26.1 Å². The van der Waals surface area contributed by atoms with Crippen LogP contribution >= 0.6 is 15.9 Å². The molecule has 0 fully saturated rings. The van der Waals surface area contributed by atoms with Crippen molar-refractivity contribution in [2.45, 2.75) is 6.92 Å². The zero-order valence-corrected chi connectivity index (χ0v) is 19.7. The number of fused-ring (bicyclic) bond motifs is 3. The number of H-pyrrole nitrogens is 1. The van der Waals surface area contributed by atoms with Gasteiger partial charge in [-0.2, -0.15) is 5.10 Å². The van der Waals surface area contributed by atoms with Gasteiger partial charge in [-0.25, -0.2) is 4.98 Å². The minimum Gasteiger partial charge on any atom is -0.507 e. The van der Waals surface area contributed by atoms with Crippen molar-refractivity contribution < 1.29 is 24.1 Å². The first-order valence-corrected chi connectivity index (χ1v) is 10.9. The van der Waals surface area contributed by atoms with E-state index in [0.29, 0.717) is 48.0 Å². The van der Waals surface area contributed by atoms with E-state index in [1.54, 1.807) is 26.5 Å². The Balaban J connectivity index is 2.01. The van der Waals surface area contributed by atoms with Gasteiger partial charge in [0.05, 0.1) is 35.0 Å². The summed E-state index contributed by atoms with van der Waals surface area (Å²) < 4.78 is 23.2. The van der Waals surface area contributed by atoms with Crippen molar-refractivity contribution in [3.8, 4) is 28.5 Å². The summed E-state index contributed by atoms with van der Waals surface area (Å²) in [5.41, 5.74) is 3.11. The number of phenols is 1. The predicted octanol–water partition coefficient (Wildman–Crippen LogP) is 4.61. The van der Waals surface area contributed by atoms with Crippen molar-refractivity contribution in [2.24, 2.45) is 0 Å². The third-order valence-corrected chi connectivity index (χ3v) is 5.71. The molecule has 0 bridgehead atoms. The summed E-state index contributed by atoms with van der Waals surface area (Å²) in [4.78, 5) is 4.83. The molecule has 2 N–H and O–H groups in total. The van der Waals surface area contributed by atoms with Crippen LogP contribution in [0.3, 0.4) is 0 Å². The number of phenolic OH excluding ortho intramolecular Hbond substituents is 1. The summed E-state index contributed by atoms with van der Waals surface area (Å²) >= 11 is 3.40. The molecule has 2 aromatic heterocycles. The van der Waals surface area contributed by atoms with E-state index < -0.39 is 0 Å². The average Bonchev–Trinajstić information content (AvgIpc) is 3.25. The first kappa shape index (κ1) is 22.3. The Morgan fingerprint density at radius 2 is 1.69 bits per heavy atom. The molecule has 0 aliphatic rings. The summed E-state index contributed by atoms with van der Waals surface area (Å²) in [6.45, 7) is 3.61. The minimum atomic E-state index is 0.161. The Labute approximate surface area is 193 Å². The minimum absolute atomic E-state index is 0.161. The summed E-state index contributed by atoms with van der Waals surface area (Å²) in [5, 5.41) is 19.7. The second-order valence-corrected chi connectivity index (χ2v) is 8.07. The van der Waals surface area contributed by atoms with Gasteiger partial charge in [0.25, 0.3) is 0 Å². The molecule has 2 aromatic carbocycles. The molecule has 0 aliphatic carbocycles. The molecule has 0 spiro atoms. The van der Waals surface area contributed by atoms with Crippen LogP contribution in [0.1, 0.15) is 5.56 Å². The number of hydrogen-bond acceptors (Lipinski definition) is 7. The van der Waals surface area contributed by atoms with Gasteiger partial charge in [0.2, 0.25) is 0 Å². The molecule has 0 atom stereocenters. The normalized spacial score (nSPS) is 11.4. The van der Waals surface area contributed by atoms with E-state index in [-0.39, 0.29) is 5.75 Å². The van der Waals surface area contributed by atoms with Crippen molar-refractivity contribution >= 4 is 37.7 Å². The standard InChI is InChI=1S/C23H24BrN3O5/c1-13-10-15-19(22(32-9-7-30-3)21(13)31-8-6-29-2)16-12-25-27-23(16)26-20(15)14-4-5-18(28)17(24)11-14/h4-5,10-12,28H,6-9H2,1-3H3,(H,25,26,27). The molecular formula is C23H24BrN3O5. The number of ether oxygens (including phenoxy) is 4. The predicted molar refractivity (Wildman–Crippen MR) is 126 cm³/mol. The van der Waals surface area contributed by atoms with Crippen LogP contribution in [-0.4, -0.2) is 60.9 Å². The van der Waals surface area contributed by atoms with Gasteiger partial charge in [0.15, 0.2) is 17.1 Å². The van der Waals surface area contributed by atoms with Crippen LogP contribution in [0.4, 0.5) is 0 Å². The van der Waals surface area contributed by atoms with E-state index in [1.807, 2.05) is 25.1 Å². The van der Waals surface area contributed by atoms with Crippen LogP contribution in [0.25, 0.3) is 33.1 Å². The molecule has 2 heterocycles. The maximum absolute atomic E-state index is 9.95. The molecule has 9 heteroatoms. The molecule has 4 aromatic rings. The summed E-state index contributed by atoms with van der Waals surface area (Å²) in [6.07, 6.45) is 1.73. The Bertz CT molecular complexity index is 1260. The highest BCUT2D eigenvalue weighted by Gasteiger charge is 2.22. The number of aromatic nitrogens is 3. The van der Waals surface area contributed by atoms with Crippen LogP contribution in [0, 0.1) is 6.92 Å². The van der Waals surface area contributed by atoms with Crippen LogP contribution in [-0.2, 0) is 9.47 Å². The first-order chi connectivity index (χ1) is 15.5. The molecule has 0 saturated carbocycles. The quantitative estimate of drug-likeness (QED) is 0.323. The Morgan fingerprint density at radius 1 is 0.969 bits per heavy atom. The third kappa shape index (κ3) is 4.23. The molecule has 4 rings (SSSR count). The van der Waals surface area contributed by atoms with Gasteiger partial charge in [0, 0.05) is 30.6 Å². The van der Waals surface area contributed by atoms with E-state index >= 15 is 0 Å². The van der Waals surface area contributed by atoms with Crippen LogP contribution < -0.4 is 9.47 Å². The lowest BCUT2D eigenvalue weighted by atomic mass is 9.98. The fraction of sp³-hybridized carbons (Fsp3) is 0.304. The van der Waals surface area contributed by atoms with Crippen molar-refractivity contribution in [3.05, 3.63) is 40.5 Å².